The molecule has 1 aliphatic heterocycles. The van der Waals surface area contributed by atoms with Crippen LogP contribution in [0, 0.1) is 26.7 Å². The molecule has 1 amide bonds. The lowest BCUT2D eigenvalue weighted by molar-refractivity contribution is -0.152. The molecule has 1 saturated heterocycles. The zero-order valence-corrected chi connectivity index (χ0v) is 19.8. The monoisotopic (exact) mass is 472 g/mol. The number of aromatic nitrogens is 2. The van der Waals surface area contributed by atoms with Crippen LogP contribution in [-0.4, -0.2) is 41.5 Å². The van der Waals surface area contributed by atoms with Crippen molar-refractivity contribution in [3.8, 4) is 0 Å². The Bertz CT molecular complexity index is 1170. The number of carbonyl (C=O) groups is 2. The number of nitrogens with zero attached hydrogens (tertiary/aromatic N) is 3. The van der Waals surface area contributed by atoms with Gasteiger partial charge >= 0.3 is 5.97 Å². The number of piperidine rings is 1. The van der Waals surface area contributed by atoms with E-state index in [0.29, 0.717) is 36.6 Å². The summed E-state index contributed by atoms with van der Waals surface area (Å²) >= 11 is 7.75. The third kappa shape index (κ3) is 4.56. The summed E-state index contributed by atoms with van der Waals surface area (Å²) in [5.41, 5.74) is 2.60. The second-order valence-corrected chi connectivity index (χ2v) is 9.60. The van der Waals surface area contributed by atoms with E-state index in [1.165, 1.54) is 10.4 Å². The van der Waals surface area contributed by atoms with Crippen LogP contribution in [0.4, 0.5) is 11.5 Å². The molecule has 9 heteroatoms. The first-order valence-electron chi connectivity index (χ1n) is 10.5. The maximum Gasteiger partial charge on any atom is 0.309 e. The minimum Gasteiger partial charge on any atom is -0.455 e. The molecule has 32 heavy (non-hydrogen) atoms. The second kappa shape index (κ2) is 9.42. The van der Waals surface area contributed by atoms with Crippen LogP contribution in [0.5, 0.6) is 0 Å². The molecule has 1 fully saturated rings. The van der Waals surface area contributed by atoms with E-state index in [4.69, 9.17) is 16.3 Å². The topological polar surface area (TPSA) is 84.4 Å². The summed E-state index contributed by atoms with van der Waals surface area (Å²) in [6, 6.07) is 5.28. The number of aryl methyl sites for hydroxylation is 2. The van der Waals surface area contributed by atoms with E-state index < -0.39 is 0 Å². The highest BCUT2D eigenvalue weighted by Gasteiger charge is 2.28. The SMILES string of the molecule is Cc1sc2ncnc(N3CCC(C(=O)OCC(=O)Nc4cccc(Cl)c4C)CC3)c2c1C. The van der Waals surface area contributed by atoms with Crippen LogP contribution in [0.2, 0.25) is 5.02 Å². The summed E-state index contributed by atoms with van der Waals surface area (Å²) in [5, 5.41) is 4.41. The summed E-state index contributed by atoms with van der Waals surface area (Å²) in [6.45, 7) is 7.10. The first-order chi connectivity index (χ1) is 15.3. The van der Waals surface area contributed by atoms with Crippen LogP contribution in [0.25, 0.3) is 10.2 Å². The van der Waals surface area contributed by atoms with E-state index in [9.17, 15) is 9.59 Å². The van der Waals surface area contributed by atoms with E-state index in [1.54, 1.807) is 35.9 Å². The molecule has 1 aliphatic rings. The maximum absolute atomic E-state index is 12.5. The number of benzene rings is 1. The lowest BCUT2D eigenvalue weighted by Crippen LogP contribution is -2.38. The Labute approximate surface area is 195 Å². The van der Waals surface area contributed by atoms with E-state index >= 15 is 0 Å². The highest BCUT2D eigenvalue weighted by atomic mass is 35.5. The third-order valence-corrected chi connectivity index (χ3v) is 7.49. The van der Waals surface area contributed by atoms with Crippen molar-refractivity contribution in [2.45, 2.75) is 33.6 Å². The average Bonchev–Trinajstić information content (AvgIpc) is 3.09. The number of thiophene rings is 1. The molecule has 0 aliphatic carbocycles. The van der Waals surface area contributed by atoms with E-state index in [2.05, 4.69) is 34.0 Å². The van der Waals surface area contributed by atoms with Crippen molar-refractivity contribution < 1.29 is 14.3 Å². The molecule has 0 unspecified atom stereocenters. The summed E-state index contributed by atoms with van der Waals surface area (Å²) in [4.78, 5) is 38.1. The van der Waals surface area contributed by atoms with E-state index in [-0.39, 0.29) is 24.4 Å². The van der Waals surface area contributed by atoms with Gasteiger partial charge in [-0.15, -0.1) is 11.3 Å². The van der Waals surface area contributed by atoms with Crippen LogP contribution >= 0.6 is 22.9 Å². The van der Waals surface area contributed by atoms with E-state index in [0.717, 1.165) is 21.6 Å². The number of ether oxygens (including phenoxy) is 1. The largest absolute Gasteiger partial charge is 0.455 e. The number of halogens is 1. The van der Waals surface area contributed by atoms with Gasteiger partial charge in [-0.3, -0.25) is 9.59 Å². The van der Waals surface area contributed by atoms with Gasteiger partial charge in [0.1, 0.15) is 17.0 Å². The van der Waals surface area contributed by atoms with Gasteiger partial charge in [-0.2, -0.15) is 0 Å². The van der Waals surface area contributed by atoms with Crippen molar-refractivity contribution in [3.63, 3.8) is 0 Å². The molecule has 2 aromatic heterocycles. The Morgan fingerprint density at radius 3 is 2.69 bits per heavy atom. The van der Waals surface area contributed by atoms with Crippen LogP contribution in [-0.2, 0) is 14.3 Å². The molecule has 7 nitrogen and oxygen atoms in total. The number of nitrogens with one attached hydrogen (secondary N) is 1. The van der Waals surface area contributed by atoms with Crippen molar-refractivity contribution in [3.05, 3.63) is 45.6 Å². The highest BCUT2D eigenvalue weighted by molar-refractivity contribution is 7.18. The van der Waals surface area contributed by atoms with Gasteiger partial charge in [-0.1, -0.05) is 17.7 Å². The first-order valence-corrected chi connectivity index (χ1v) is 11.7. The number of fused-ring (bicyclic) bond motifs is 1. The molecule has 0 spiro atoms. The Morgan fingerprint density at radius 2 is 1.94 bits per heavy atom. The molecule has 3 aromatic rings. The van der Waals surface area contributed by atoms with Crippen molar-refractivity contribution >= 4 is 56.5 Å². The molecule has 1 N–H and O–H groups in total. The molecule has 3 heterocycles. The van der Waals surface area contributed by atoms with E-state index in [1.807, 2.05) is 6.92 Å². The van der Waals surface area contributed by atoms with Gasteiger partial charge in [-0.05, 0) is 56.9 Å². The smallest absolute Gasteiger partial charge is 0.309 e. The highest BCUT2D eigenvalue weighted by Crippen LogP contribution is 2.35. The number of anilines is 2. The van der Waals surface area contributed by atoms with Gasteiger partial charge in [0.15, 0.2) is 6.61 Å². The summed E-state index contributed by atoms with van der Waals surface area (Å²) in [6.07, 6.45) is 2.91. The van der Waals surface area contributed by atoms with Gasteiger partial charge in [-0.25, -0.2) is 9.97 Å². The number of amides is 1. The Kier molecular flexibility index (Phi) is 6.62. The van der Waals surface area contributed by atoms with Gasteiger partial charge in [0, 0.05) is 28.7 Å². The number of hydrogen-bond acceptors (Lipinski definition) is 7. The molecule has 0 atom stereocenters. The third-order valence-electron chi connectivity index (χ3n) is 5.96. The van der Waals surface area contributed by atoms with Crippen LogP contribution in [0.15, 0.2) is 24.5 Å². The fourth-order valence-electron chi connectivity index (χ4n) is 3.91. The summed E-state index contributed by atoms with van der Waals surface area (Å²) in [5.74, 6) is -0.0135. The second-order valence-electron chi connectivity index (χ2n) is 7.99. The van der Waals surface area contributed by atoms with Gasteiger partial charge < -0.3 is 15.0 Å². The lowest BCUT2D eigenvalue weighted by Gasteiger charge is -2.32. The summed E-state index contributed by atoms with van der Waals surface area (Å²) in [7, 11) is 0. The lowest BCUT2D eigenvalue weighted by atomic mass is 9.97. The molecule has 4 rings (SSSR count). The normalized spacial score (nSPS) is 14.6. The molecule has 0 radical (unpaired) electrons. The van der Waals surface area contributed by atoms with Crippen LogP contribution in [0.3, 0.4) is 0 Å². The molecule has 1 aromatic carbocycles. The van der Waals surface area contributed by atoms with Gasteiger partial charge in [0.05, 0.1) is 11.3 Å². The van der Waals surface area contributed by atoms with Gasteiger partial charge in [0.2, 0.25) is 0 Å². The number of esters is 1. The minimum atomic E-state index is -0.382. The van der Waals surface area contributed by atoms with Crippen LogP contribution < -0.4 is 10.2 Å². The predicted molar refractivity (Wildman–Crippen MR) is 128 cm³/mol. The molecular weight excluding hydrogens is 448 g/mol. The Balaban J connectivity index is 1.31. The fraction of sp³-hybridized carbons (Fsp3) is 0.391. The van der Waals surface area contributed by atoms with Crippen molar-refractivity contribution in [2.24, 2.45) is 5.92 Å². The molecular formula is C23H25ClN4O3S. The maximum atomic E-state index is 12.5. The molecule has 168 valence electrons. The fourth-order valence-corrected chi connectivity index (χ4v) is 5.08. The van der Waals surface area contributed by atoms with Crippen LogP contribution in [0.1, 0.15) is 28.8 Å². The Hall–Kier alpha value is -2.71. The number of rotatable bonds is 5. The average molecular weight is 473 g/mol. The first kappa shape index (κ1) is 22.5. The van der Waals surface area contributed by atoms with Crippen molar-refractivity contribution in [1.82, 2.24) is 9.97 Å². The predicted octanol–water partition coefficient (Wildman–Crippen LogP) is 4.67. The number of carbonyl (C=O) groups excluding carboxylic acids is 2. The zero-order chi connectivity index (χ0) is 22.8. The zero-order valence-electron chi connectivity index (χ0n) is 18.3. The summed E-state index contributed by atoms with van der Waals surface area (Å²) < 4.78 is 5.29. The Morgan fingerprint density at radius 1 is 1.19 bits per heavy atom. The molecule has 0 bridgehead atoms. The standard InChI is InChI=1S/C23H25ClN4O3S/c1-13-15(3)32-22-20(13)21(25-12-26-22)28-9-7-16(8-10-28)23(30)31-11-19(29)27-18-6-4-5-17(24)14(18)2/h4-6,12,16H,7-11H2,1-3H3,(H,27,29). The quantitative estimate of drug-likeness (QED) is 0.543. The van der Waals surface area contributed by atoms with Crippen molar-refractivity contribution in [1.29, 1.82) is 0 Å². The minimum absolute atomic E-state index is 0.227. The number of hydrogen-bond donors (Lipinski definition) is 1. The molecule has 0 saturated carbocycles. The van der Waals surface area contributed by atoms with Gasteiger partial charge in [0.25, 0.3) is 5.91 Å². The van der Waals surface area contributed by atoms with Crippen molar-refractivity contribution in [2.75, 3.05) is 29.9 Å².